The van der Waals surface area contributed by atoms with Gasteiger partial charge in [0.25, 0.3) is 0 Å². The van der Waals surface area contributed by atoms with Crippen molar-refractivity contribution in [2.24, 2.45) is 7.05 Å². The summed E-state index contributed by atoms with van der Waals surface area (Å²) in [4.78, 5) is 0. The number of nitrogens with one attached hydrogen (secondary N) is 1. The third-order valence-corrected chi connectivity index (χ3v) is 3.12. The number of rotatable bonds is 3. The van der Waals surface area contributed by atoms with E-state index in [0.29, 0.717) is 11.6 Å². The lowest BCUT2D eigenvalue weighted by molar-refractivity contribution is 0.720. The fourth-order valence-electron chi connectivity index (χ4n) is 1.39. The van der Waals surface area contributed by atoms with Crippen LogP contribution in [0.25, 0.3) is 0 Å². The maximum Gasteiger partial charge on any atom is 0.0648 e. The van der Waals surface area contributed by atoms with Gasteiger partial charge in [0, 0.05) is 17.7 Å². The van der Waals surface area contributed by atoms with Crippen molar-refractivity contribution < 1.29 is 0 Å². The maximum absolute atomic E-state index is 6.09. The summed E-state index contributed by atoms with van der Waals surface area (Å²) < 4.78 is 2.81. The minimum Gasteiger partial charge on any atom is -0.378 e. The third-order valence-electron chi connectivity index (χ3n) is 2.31. The first-order valence-electron chi connectivity index (χ1n) is 4.82. The number of aryl methyl sites for hydroxylation is 1. The number of halogens is 2. The van der Waals surface area contributed by atoms with Gasteiger partial charge in [0.2, 0.25) is 0 Å². The molecule has 0 aliphatic rings. The average molecular weight is 301 g/mol. The molecule has 3 nitrogen and oxygen atoms in total. The number of hydrogen-bond acceptors (Lipinski definition) is 2. The Morgan fingerprint density at radius 2 is 2.25 bits per heavy atom. The van der Waals surface area contributed by atoms with Crippen LogP contribution in [0.5, 0.6) is 0 Å². The average Bonchev–Trinajstić information content (AvgIpc) is 2.63. The molecule has 1 heterocycles. The number of aromatic nitrogens is 2. The van der Waals surface area contributed by atoms with Gasteiger partial charge in [-0.05, 0) is 24.3 Å². The molecule has 0 unspecified atom stereocenters. The van der Waals surface area contributed by atoms with Crippen LogP contribution in [0.2, 0.25) is 5.02 Å². The summed E-state index contributed by atoms with van der Waals surface area (Å²) >= 11 is 9.47. The molecule has 0 spiro atoms. The van der Waals surface area contributed by atoms with E-state index < -0.39 is 0 Å². The van der Waals surface area contributed by atoms with Crippen LogP contribution in [-0.4, -0.2) is 9.78 Å². The molecule has 2 aromatic rings. The van der Waals surface area contributed by atoms with Crippen LogP contribution < -0.4 is 5.32 Å². The molecular weight excluding hydrogens is 289 g/mol. The summed E-state index contributed by atoms with van der Waals surface area (Å²) in [5.74, 6) is 0. The Labute approximate surface area is 108 Å². The predicted octanol–water partition coefficient (Wildman–Crippen LogP) is 3.45. The standard InChI is InChI=1S/C11H11BrClN3/c1-16-9(4-5-15-16)7-14-11-3-2-8(12)6-10(11)13/h2-6,14H,7H2,1H3. The summed E-state index contributed by atoms with van der Waals surface area (Å²) in [5, 5.41) is 8.08. The van der Waals surface area contributed by atoms with Gasteiger partial charge in [0.1, 0.15) is 0 Å². The first kappa shape index (κ1) is 11.5. The van der Waals surface area contributed by atoms with Crippen molar-refractivity contribution in [1.82, 2.24) is 9.78 Å². The van der Waals surface area contributed by atoms with Crippen LogP contribution in [0.15, 0.2) is 34.9 Å². The van der Waals surface area contributed by atoms with E-state index in [0.717, 1.165) is 15.9 Å². The van der Waals surface area contributed by atoms with Gasteiger partial charge in [-0.2, -0.15) is 5.10 Å². The van der Waals surface area contributed by atoms with Crippen molar-refractivity contribution >= 4 is 33.2 Å². The lowest BCUT2D eigenvalue weighted by Crippen LogP contribution is -2.05. The molecule has 0 fully saturated rings. The Hall–Kier alpha value is -1.000. The Kier molecular flexibility index (Phi) is 3.51. The van der Waals surface area contributed by atoms with E-state index in [1.807, 2.05) is 36.0 Å². The highest BCUT2D eigenvalue weighted by atomic mass is 79.9. The smallest absolute Gasteiger partial charge is 0.0648 e. The third kappa shape index (κ3) is 2.57. The normalized spacial score (nSPS) is 10.4. The van der Waals surface area contributed by atoms with Crippen molar-refractivity contribution in [3.63, 3.8) is 0 Å². The van der Waals surface area contributed by atoms with Crippen molar-refractivity contribution in [2.45, 2.75) is 6.54 Å². The van der Waals surface area contributed by atoms with Crippen LogP contribution in [0.1, 0.15) is 5.69 Å². The Morgan fingerprint density at radius 3 is 2.88 bits per heavy atom. The monoisotopic (exact) mass is 299 g/mol. The molecule has 2 rings (SSSR count). The van der Waals surface area contributed by atoms with Crippen LogP contribution in [-0.2, 0) is 13.6 Å². The van der Waals surface area contributed by atoms with Gasteiger partial charge in [-0.25, -0.2) is 0 Å². The van der Waals surface area contributed by atoms with Crippen LogP contribution >= 0.6 is 27.5 Å². The van der Waals surface area contributed by atoms with Gasteiger partial charge in [0.05, 0.1) is 22.9 Å². The van der Waals surface area contributed by atoms with Gasteiger partial charge in [-0.1, -0.05) is 27.5 Å². The van der Waals surface area contributed by atoms with Crippen molar-refractivity contribution in [3.05, 3.63) is 45.7 Å². The molecule has 0 saturated heterocycles. The first-order chi connectivity index (χ1) is 7.66. The van der Waals surface area contributed by atoms with Crippen LogP contribution in [0, 0.1) is 0 Å². The highest BCUT2D eigenvalue weighted by Crippen LogP contribution is 2.25. The first-order valence-corrected chi connectivity index (χ1v) is 6.00. The van der Waals surface area contributed by atoms with Gasteiger partial charge >= 0.3 is 0 Å². The van der Waals surface area contributed by atoms with Gasteiger partial charge in [0.15, 0.2) is 0 Å². The molecule has 0 radical (unpaired) electrons. The van der Waals surface area contributed by atoms with E-state index in [1.54, 1.807) is 6.20 Å². The van der Waals surface area contributed by atoms with Gasteiger partial charge in [-0.3, -0.25) is 4.68 Å². The molecule has 0 amide bonds. The highest BCUT2D eigenvalue weighted by molar-refractivity contribution is 9.10. The lowest BCUT2D eigenvalue weighted by atomic mass is 10.3. The lowest BCUT2D eigenvalue weighted by Gasteiger charge is -2.08. The fraction of sp³-hybridized carbons (Fsp3) is 0.182. The summed E-state index contributed by atoms with van der Waals surface area (Å²) in [5.41, 5.74) is 2.03. The Morgan fingerprint density at radius 1 is 1.44 bits per heavy atom. The summed E-state index contributed by atoms with van der Waals surface area (Å²) in [7, 11) is 1.92. The zero-order chi connectivity index (χ0) is 11.5. The minimum absolute atomic E-state index is 0.705. The fourth-order valence-corrected chi connectivity index (χ4v) is 2.13. The van der Waals surface area contributed by atoms with Crippen molar-refractivity contribution in [2.75, 3.05) is 5.32 Å². The van der Waals surface area contributed by atoms with E-state index >= 15 is 0 Å². The highest BCUT2D eigenvalue weighted by Gasteiger charge is 2.02. The quantitative estimate of drug-likeness (QED) is 0.941. The van der Waals surface area contributed by atoms with Crippen LogP contribution in [0.4, 0.5) is 5.69 Å². The zero-order valence-electron chi connectivity index (χ0n) is 8.74. The maximum atomic E-state index is 6.09. The number of nitrogens with zero attached hydrogens (tertiary/aromatic N) is 2. The van der Waals surface area contributed by atoms with E-state index in [2.05, 4.69) is 26.3 Å². The predicted molar refractivity (Wildman–Crippen MR) is 69.7 cm³/mol. The van der Waals surface area contributed by atoms with Crippen LogP contribution in [0.3, 0.4) is 0 Å². The van der Waals surface area contributed by atoms with E-state index in [1.165, 1.54) is 0 Å². The molecule has 0 aliphatic heterocycles. The second-order valence-corrected chi connectivity index (χ2v) is 4.75. The molecule has 16 heavy (non-hydrogen) atoms. The minimum atomic E-state index is 0.705. The van der Waals surface area contributed by atoms with Crippen molar-refractivity contribution in [1.29, 1.82) is 0 Å². The van der Waals surface area contributed by atoms with Gasteiger partial charge < -0.3 is 5.32 Å². The second kappa shape index (κ2) is 4.89. The zero-order valence-corrected chi connectivity index (χ0v) is 11.1. The van der Waals surface area contributed by atoms with E-state index in [4.69, 9.17) is 11.6 Å². The molecule has 84 valence electrons. The Bertz CT molecular complexity index is 496. The van der Waals surface area contributed by atoms with E-state index in [9.17, 15) is 0 Å². The summed E-state index contributed by atoms with van der Waals surface area (Å²) in [6, 6.07) is 7.74. The number of benzene rings is 1. The molecule has 5 heteroatoms. The molecular formula is C11H11BrClN3. The molecule has 0 atom stereocenters. The molecule has 1 N–H and O–H groups in total. The Balaban J connectivity index is 2.08. The topological polar surface area (TPSA) is 29.9 Å². The molecule has 0 saturated carbocycles. The van der Waals surface area contributed by atoms with Crippen molar-refractivity contribution in [3.8, 4) is 0 Å². The van der Waals surface area contributed by atoms with E-state index in [-0.39, 0.29) is 0 Å². The molecule has 0 bridgehead atoms. The second-order valence-electron chi connectivity index (χ2n) is 3.42. The molecule has 1 aromatic carbocycles. The van der Waals surface area contributed by atoms with Gasteiger partial charge in [-0.15, -0.1) is 0 Å². The number of anilines is 1. The SMILES string of the molecule is Cn1nccc1CNc1ccc(Br)cc1Cl. The number of hydrogen-bond donors (Lipinski definition) is 1. The molecule has 1 aromatic heterocycles. The molecule has 0 aliphatic carbocycles. The summed E-state index contributed by atoms with van der Waals surface area (Å²) in [6.45, 7) is 0.706. The largest absolute Gasteiger partial charge is 0.378 e. The summed E-state index contributed by atoms with van der Waals surface area (Å²) in [6.07, 6.45) is 1.78.